The number of hydrogen-bond donors (Lipinski definition) is 2. The van der Waals surface area contributed by atoms with Gasteiger partial charge in [0.2, 0.25) is 0 Å². The number of aliphatic carboxylic acids is 1. The topological polar surface area (TPSA) is 58.6 Å². The molecule has 0 atom stereocenters. The Hall–Kier alpha value is -0.610. The van der Waals surface area contributed by atoms with Crippen LogP contribution < -0.4 is 5.32 Å². The van der Waals surface area contributed by atoms with Gasteiger partial charge in [-0.25, -0.2) is 0 Å². The van der Waals surface area contributed by atoms with Crippen molar-refractivity contribution in [2.75, 3.05) is 26.3 Å². The van der Waals surface area contributed by atoms with E-state index >= 15 is 0 Å². The average molecular weight is 287 g/mol. The maximum atomic E-state index is 10.2. The van der Waals surface area contributed by atoms with E-state index in [1.54, 1.807) is 0 Å². The third kappa shape index (κ3) is 17.4. The molecule has 1 heterocycles. The highest BCUT2D eigenvalue weighted by molar-refractivity contribution is 5.66. The number of carboxylic acids is 1. The molecular formula is C16H33NO3. The Bertz CT molecular complexity index is 194. The second-order valence-corrected chi connectivity index (χ2v) is 5.33. The summed E-state index contributed by atoms with van der Waals surface area (Å²) in [7, 11) is 0. The van der Waals surface area contributed by atoms with E-state index in [4.69, 9.17) is 9.84 Å². The lowest BCUT2D eigenvalue weighted by atomic mass is 10.1. The van der Waals surface area contributed by atoms with Crippen LogP contribution in [0.15, 0.2) is 0 Å². The SMILES string of the molecule is C1COCCN1.CCCCCCCCCCCC(=O)O. The Morgan fingerprint density at radius 3 is 1.80 bits per heavy atom. The van der Waals surface area contributed by atoms with Gasteiger partial charge >= 0.3 is 5.97 Å². The molecule has 4 heteroatoms. The first-order valence-corrected chi connectivity index (χ1v) is 8.27. The molecule has 0 aromatic heterocycles. The molecule has 0 aromatic carbocycles. The van der Waals surface area contributed by atoms with Crippen molar-refractivity contribution < 1.29 is 14.6 Å². The van der Waals surface area contributed by atoms with E-state index in [1.807, 2.05) is 0 Å². The highest BCUT2D eigenvalue weighted by atomic mass is 16.5. The average Bonchev–Trinajstić information content (AvgIpc) is 2.48. The predicted octanol–water partition coefficient (Wildman–Crippen LogP) is 3.60. The largest absolute Gasteiger partial charge is 0.481 e. The van der Waals surface area contributed by atoms with Crippen LogP contribution in [0, 0.1) is 0 Å². The van der Waals surface area contributed by atoms with Gasteiger partial charge in [0.05, 0.1) is 13.2 Å². The predicted molar refractivity (Wildman–Crippen MR) is 83.2 cm³/mol. The first-order chi connectivity index (χ1) is 9.77. The molecule has 1 saturated heterocycles. The molecule has 0 aliphatic carbocycles. The lowest BCUT2D eigenvalue weighted by Crippen LogP contribution is -2.30. The van der Waals surface area contributed by atoms with Crippen LogP contribution >= 0.6 is 0 Å². The molecule has 0 amide bonds. The van der Waals surface area contributed by atoms with Crippen LogP contribution in [0.4, 0.5) is 0 Å². The maximum Gasteiger partial charge on any atom is 0.303 e. The van der Waals surface area contributed by atoms with E-state index in [1.165, 1.54) is 44.9 Å². The lowest BCUT2D eigenvalue weighted by molar-refractivity contribution is -0.137. The van der Waals surface area contributed by atoms with Gasteiger partial charge in [-0.15, -0.1) is 0 Å². The molecule has 0 spiro atoms. The minimum Gasteiger partial charge on any atom is -0.481 e. The molecule has 2 N–H and O–H groups in total. The molecule has 1 aliphatic heterocycles. The number of nitrogens with one attached hydrogen (secondary N) is 1. The van der Waals surface area contributed by atoms with Crippen LogP contribution in [0.2, 0.25) is 0 Å². The summed E-state index contributed by atoms with van der Waals surface area (Å²) >= 11 is 0. The van der Waals surface area contributed by atoms with Gasteiger partial charge in [0.15, 0.2) is 0 Å². The van der Waals surface area contributed by atoms with Gasteiger partial charge in [0, 0.05) is 19.5 Å². The van der Waals surface area contributed by atoms with Crippen LogP contribution in [0.25, 0.3) is 0 Å². The first kappa shape index (κ1) is 19.4. The summed E-state index contributed by atoms with van der Waals surface area (Å²) in [5, 5.41) is 11.6. The van der Waals surface area contributed by atoms with E-state index in [9.17, 15) is 4.79 Å². The van der Waals surface area contributed by atoms with Crippen LogP contribution in [0.3, 0.4) is 0 Å². The molecule has 1 aliphatic rings. The quantitative estimate of drug-likeness (QED) is 0.603. The van der Waals surface area contributed by atoms with Crippen molar-refractivity contribution in [3.05, 3.63) is 0 Å². The molecule has 1 fully saturated rings. The number of hydrogen-bond acceptors (Lipinski definition) is 3. The van der Waals surface area contributed by atoms with Crippen molar-refractivity contribution in [1.29, 1.82) is 0 Å². The van der Waals surface area contributed by atoms with Gasteiger partial charge in [0.25, 0.3) is 0 Å². The lowest BCUT2D eigenvalue weighted by Gasteiger charge is -2.10. The Labute approximate surface area is 124 Å². The maximum absolute atomic E-state index is 10.2. The number of ether oxygens (including phenoxy) is 1. The van der Waals surface area contributed by atoms with E-state index in [-0.39, 0.29) is 0 Å². The highest BCUT2D eigenvalue weighted by Gasteiger charge is 1.96. The number of carbonyl (C=O) groups is 1. The monoisotopic (exact) mass is 287 g/mol. The van der Waals surface area contributed by atoms with Gasteiger partial charge in [-0.3, -0.25) is 4.79 Å². The van der Waals surface area contributed by atoms with Crippen molar-refractivity contribution in [3.8, 4) is 0 Å². The fourth-order valence-corrected chi connectivity index (χ4v) is 2.10. The van der Waals surface area contributed by atoms with Gasteiger partial charge in [-0.2, -0.15) is 0 Å². The molecule has 20 heavy (non-hydrogen) atoms. The zero-order chi connectivity index (χ0) is 14.9. The van der Waals surface area contributed by atoms with Crippen molar-refractivity contribution in [2.45, 2.75) is 71.1 Å². The van der Waals surface area contributed by atoms with Gasteiger partial charge < -0.3 is 15.2 Å². The summed E-state index contributed by atoms with van der Waals surface area (Å²) in [5.41, 5.74) is 0. The highest BCUT2D eigenvalue weighted by Crippen LogP contribution is 2.10. The second kappa shape index (κ2) is 16.4. The molecule has 0 unspecified atom stereocenters. The molecule has 0 aromatic rings. The summed E-state index contributed by atoms with van der Waals surface area (Å²) in [6.45, 7) is 6.06. The smallest absolute Gasteiger partial charge is 0.303 e. The summed E-state index contributed by atoms with van der Waals surface area (Å²) in [6, 6.07) is 0. The summed E-state index contributed by atoms with van der Waals surface area (Å²) in [5.74, 6) is -0.659. The number of carboxylic acid groups (broad SMARTS) is 1. The Morgan fingerprint density at radius 2 is 1.45 bits per heavy atom. The number of rotatable bonds is 10. The van der Waals surface area contributed by atoms with E-state index < -0.39 is 5.97 Å². The van der Waals surface area contributed by atoms with Crippen molar-refractivity contribution in [1.82, 2.24) is 5.32 Å². The Morgan fingerprint density at radius 1 is 0.950 bits per heavy atom. The second-order valence-electron chi connectivity index (χ2n) is 5.33. The molecule has 0 saturated carbocycles. The fourth-order valence-electron chi connectivity index (χ4n) is 2.10. The first-order valence-electron chi connectivity index (χ1n) is 8.27. The zero-order valence-electron chi connectivity index (χ0n) is 13.2. The van der Waals surface area contributed by atoms with E-state index in [0.717, 1.165) is 39.1 Å². The van der Waals surface area contributed by atoms with Gasteiger partial charge in [0.1, 0.15) is 0 Å². The van der Waals surface area contributed by atoms with Crippen molar-refractivity contribution in [2.24, 2.45) is 0 Å². The van der Waals surface area contributed by atoms with Crippen LogP contribution in [0.1, 0.15) is 71.1 Å². The minimum atomic E-state index is -0.659. The third-order valence-electron chi connectivity index (χ3n) is 3.34. The normalized spacial score (nSPS) is 14.4. The van der Waals surface area contributed by atoms with Crippen LogP contribution in [0.5, 0.6) is 0 Å². The minimum absolute atomic E-state index is 0.343. The molecular weight excluding hydrogens is 254 g/mol. The molecule has 1 rings (SSSR count). The summed E-state index contributed by atoms with van der Waals surface area (Å²) in [4.78, 5) is 10.2. The fraction of sp³-hybridized carbons (Fsp3) is 0.938. The third-order valence-corrected chi connectivity index (χ3v) is 3.34. The van der Waals surface area contributed by atoms with Crippen molar-refractivity contribution >= 4 is 5.97 Å². The Balaban J connectivity index is 0.000000493. The van der Waals surface area contributed by atoms with E-state index in [2.05, 4.69) is 12.2 Å². The van der Waals surface area contributed by atoms with Crippen LogP contribution in [-0.2, 0) is 9.53 Å². The van der Waals surface area contributed by atoms with Gasteiger partial charge in [-0.1, -0.05) is 58.3 Å². The number of unbranched alkanes of at least 4 members (excludes halogenated alkanes) is 8. The summed E-state index contributed by atoms with van der Waals surface area (Å²) in [6.07, 6.45) is 11.5. The molecule has 120 valence electrons. The molecule has 4 nitrogen and oxygen atoms in total. The van der Waals surface area contributed by atoms with E-state index in [0.29, 0.717) is 6.42 Å². The summed E-state index contributed by atoms with van der Waals surface area (Å²) < 4.78 is 5.01. The standard InChI is InChI=1S/C12H24O2.C4H9NO/c1-2-3-4-5-6-7-8-9-10-11-12(13)14;1-3-6-4-2-5-1/h2-11H2,1H3,(H,13,14);5H,1-4H2. The molecule has 0 bridgehead atoms. The Kier molecular flexibility index (Phi) is 15.9. The molecule has 0 radical (unpaired) electrons. The van der Waals surface area contributed by atoms with Crippen LogP contribution in [-0.4, -0.2) is 37.4 Å². The number of morpholine rings is 1. The van der Waals surface area contributed by atoms with Gasteiger partial charge in [-0.05, 0) is 6.42 Å². The van der Waals surface area contributed by atoms with Crippen molar-refractivity contribution in [3.63, 3.8) is 0 Å². The zero-order valence-corrected chi connectivity index (χ0v) is 13.2.